The number of rotatable bonds is 6. The fourth-order valence-corrected chi connectivity index (χ4v) is 2.41. The van der Waals surface area contributed by atoms with Crippen molar-refractivity contribution in [1.29, 1.82) is 0 Å². The molecule has 0 aliphatic heterocycles. The Labute approximate surface area is 130 Å². The Bertz CT molecular complexity index is 218. The smallest absolute Gasteiger partial charge is 0.0325 e. The monoisotopic (exact) mass is 282 g/mol. The maximum absolute atomic E-state index is 2.54. The van der Waals surface area contributed by atoms with Gasteiger partial charge in [-0.05, 0) is 60.2 Å². The molecule has 0 rings (SSSR count). The maximum Gasteiger partial charge on any atom is -0.0325 e. The van der Waals surface area contributed by atoms with Gasteiger partial charge in [-0.3, -0.25) is 0 Å². The summed E-state index contributed by atoms with van der Waals surface area (Å²) in [5.41, 5.74) is 1.91. The topological polar surface area (TPSA) is 0 Å². The van der Waals surface area contributed by atoms with Crippen LogP contribution >= 0.6 is 0 Å². The highest BCUT2D eigenvalue weighted by Gasteiger charge is 2.29. The molecule has 20 heavy (non-hydrogen) atoms. The average molecular weight is 283 g/mol. The maximum atomic E-state index is 2.54. The summed E-state index contributed by atoms with van der Waals surface area (Å²) in [6.07, 6.45) is 8.17. The lowest BCUT2D eigenvalue weighted by molar-refractivity contribution is 0.152. The van der Waals surface area contributed by atoms with Crippen molar-refractivity contribution in [3.63, 3.8) is 0 Å². The first kappa shape index (κ1) is 20.0. The van der Waals surface area contributed by atoms with E-state index in [9.17, 15) is 0 Å². The Hall–Kier alpha value is 0. The Kier molecular flexibility index (Phi) is 6.84. The second-order valence-corrected chi connectivity index (χ2v) is 11.0. The van der Waals surface area contributed by atoms with Crippen LogP contribution in [0.2, 0.25) is 0 Å². The fraction of sp³-hybridized carbons (Fsp3) is 1.00. The van der Waals surface area contributed by atoms with Crippen molar-refractivity contribution in [1.82, 2.24) is 0 Å². The van der Waals surface area contributed by atoms with E-state index < -0.39 is 0 Å². The van der Waals surface area contributed by atoms with E-state index >= 15 is 0 Å². The number of hydrogen-bond acceptors (Lipinski definition) is 0. The summed E-state index contributed by atoms with van der Waals surface area (Å²) in [7, 11) is 0. The summed E-state index contributed by atoms with van der Waals surface area (Å²) in [6, 6.07) is 0. The molecule has 0 unspecified atom stereocenters. The molecule has 0 nitrogen and oxygen atoms in total. The fourth-order valence-electron chi connectivity index (χ4n) is 2.41. The van der Waals surface area contributed by atoms with Gasteiger partial charge in [0.2, 0.25) is 0 Å². The highest BCUT2D eigenvalue weighted by atomic mass is 14.3. The average Bonchev–Trinajstić information content (AvgIpc) is 2.18. The van der Waals surface area contributed by atoms with E-state index in [-0.39, 0.29) is 0 Å². The van der Waals surface area contributed by atoms with E-state index in [1.54, 1.807) is 0 Å². The zero-order valence-corrected chi connectivity index (χ0v) is 16.2. The molecule has 0 saturated carbocycles. The molecule has 0 fully saturated rings. The van der Waals surface area contributed by atoms with Gasteiger partial charge >= 0.3 is 0 Å². The van der Waals surface area contributed by atoms with Gasteiger partial charge in [-0.1, -0.05) is 69.2 Å². The third-order valence-corrected chi connectivity index (χ3v) is 4.44. The van der Waals surface area contributed by atoms with Crippen LogP contribution in [-0.2, 0) is 0 Å². The third kappa shape index (κ3) is 11.8. The minimum atomic E-state index is 0.463. The van der Waals surface area contributed by atoms with Crippen molar-refractivity contribution in [3.05, 3.63) is 0 Å². The summed E-state index contributed by atoms with van der Waals surface area (Å²) < 4.78 is 0. The predicted molar refractivity (Wildman–Crippen MR) is 94.2 cm³/mol. The van der Waals surface area contributed by atoms with E-state index in [1.165, 1.54) is 38.5 Å². The van der Waals surface area contributed by atoms with Crippen LogP contribution in [0, 0.1) is 21.7 Å². The molecule has 0 amide bonds. The first-order valence-corrected chi connectivity index (χ1v) is 8.62. The standard InChI is InChI=1S/C20H42/c1-17(2,3)11-14-20(10,15-12-18(4,5)6)16-13-19(7,8)9/h11-16H2,1-10H3. The second-order valence-electron chi connectivity index (χ2n) is 11.0. The lowest BCUT2D eigenvalue weighted by atomic mass is 9.69. The first-order valence-electron chi connectivity index (χ1n) is 8.62. The molecule has 122 valence electrons. The number of hydrogen-bond donors (Lipinski definition) is 0. The van der Waals surface area contributed by atoms with Gasteiger partial charge < -0.3 is 0 Å². The molecule has 0 bridgehead atoms. The normalized spacial score (nSPS) is 14.7. The second kappa shape index (κ2) is 6.84. The van der Waals surface area contributed by atoms with Gasteiger partial charge in [-0.15, -0.1) is 0 Å². The van der Waals surface area contributed by atoms with Gasteiger partial charge in [0.15, 0.2) is 0 Å². The Morgan fingerprint density at radius 1 is 0.350 bits per heavy atom. The van der Waals surface area contributed by atoms with E-state index in [2.05, 4.69) is 69.2 Å². The summed E-state index contributed by atoms with van der Waals surface area (Å²) in [5.74, 6) is 0. The minimum absolute atomic E-state index is 0.463. The summed E-state index contributed by atoms with van der Waals surface area (Å²) in [6.45, 7) is 23.9. The van der Waals surface area contributed by atoms with E-state index in [0.717, 1.165) is 0 Å². The molecule has 0 aromatic rings. The van der Waals surface area contributed by atoms with Gasteiger partial charge in [0.1, 0.15) is 0 Å². The van der Waals surface area contributed by atoms with Gasteiger partial charge in [0.25, 0.3) is 0 Å². The first-order chi connectivity index (χ1) is 8.62. The predicted octanol–water partition coefficient (Wildman–Crippen LogP) is 7.47. The largest absolute Gasteiger partial charge is 0.0602 e. The highest BCUT2D eigenvalue weighted by molar-refractivity contribution is 4.81. The Morgan fingerprint density at radius 2 is 0.550 bits per heavy atom. The molecule has 0 aliphatic carbocycles. The molecule has 0 aliphatic rings. The summed E-state index contributed by atoms with van der Waals surface area (Å²) >= 11 is 0. The van der Waals surface area contributed by atoms with Crippen molar-refractivity contribution in [2.45, 2.75) is 108 Å². The SMILES string of the molecule is CC(C)(C)CCC(C)(CCC(C)(C)C)CCC(C)(C)C. The van der Waals surface area contributed by atoms with Crippen molar-refractivity contribution < 1.29 is 0 Å². The molecule has 0 aromatic carbocycles. The van der Waals surface area contributed by atoms with Crippen LogP contribution in [0.1, 0.15) is 108 Å². The molecular formula is C20H42. The molecular weight excluding hydrogens is 240 g/mol. The van der Waals surface area contributed by atoms with Crippen LogP contribution in [0.25, 0.3) is 0 Å². The van der Waals surface area contributed by atoms with Gasteiger partial charge in [-0.2, -0.15) is 0 Å². The third-order valence-electron chi connectivity index (χ3n) is 4.44. The lowest BCUT2D eigenvalue weighted by Gasteiger charge is -2.37. The molecule has 0 N–H and O–H groups in total. The van der Waals surface area contributed by atoms with E-state index in [0.29, 0.717) is 21.7 Å². The lowest BCUT2D eigenvalue weighted by Crippen LogP contribution is -2.24. The van der Waals surface area contributed by atoms with Crippen LogP contribution in [0.3, 0.4) is 0 Å². The van der Waals surface area contributed by atoms with Crippen LogP contribution in [-0.4, -0.2) is 0 Å². The molecule has 0 aromatic heterocycles. The van der Waals surface area contributed by atoms with Crippen LogP contribution in [0.15, 0.2) is 0 Å². The van der Waals surface area contributed by atoms with E-state index in [4.69, 9.17) is 0 Å². The van der Waals surface area contributed by atoms with Crippen molar-refractivity contribution >= 4 is 0 Å². The Balaban J connectivity index is 4.66. The van der Waals surface area contributed by atoms with E-state index in [1.807, 2.05) is 0 Å². The molecule has 0 saturated heterocycles. The van der Waals surface area contributed by atoms with Gasteiger partial charge in [0, 0.05) is 0 Å². The van der Waals surface area contributed by atoms with Crippen molar-refractivity contribution in [3.8, 4) is 0 Å². The molecule has 0 atom stereocenters. The quantitative estimate of drug-likeness (QED) is 0.474. The minimum Gasteiger partial charge on any atom is -0.0602 e. The van der Waals surface area contributed by atoms with Crippen LogP contribution in [0.5, 0.6) is 0 Å². The Morgan fingerprint density at radius 3 is 0.700 bits per heavy atom. The summed E-state index contributed by atoms with van der Waals surface area (Å²) in [4.78, 5) is 0. The zero-order valence-electron chi connectivity index (χ0n) is 16.2. The molecule has 0 radical (unpaired) electrons. The highest BCUT2D eigenvalue weighted by Crippen LogP contribution is 2.42. The van der Waals surface area contributed by atoms with Crippen molar-refractivity contribution in [2.75, 3.05) is 0 Å². The van der Waals surface area contributed by atoms with Crippen LogP contribution in [0.4, 0.5) is 0 Å². The molecule has 0 heteroatoms. The zero-order chi connectivity index (χ0) is 16.2. The molecule has 0 heterocycles. The van der Waals surface area contributed by atoms with Gasteiger partial charge in [-0.25, -0.2) is 0 Å². The van der Waals surface area contributed by atoms with Gasteiger partial charge in [0.05, 0.1) is 0 Å². The van der Waals surface area contributed by atoms with Crippen LogP contribution < -0.4 is 0 Å². The van der Waals surface area contributed by atoms with Crippen molar-refractivity contribution in [2.24, 2.45) is 21.7 Å². The summed E-state index contributed by atoms with van der Waals surface area (Å²) in [5, 5.41) is 0. The molecule has 0 spiro atoms.